The van der Waals surface area contributed by atoms with Gasteiger partial charge in [-0.05, 0) is 44.1 Å². The van der Waals surface area contributed by atoms with Gasteiger partial charge in [-0.15, -0.1) is 0 Å². The number of hydrogen-bond donors (Lipinski definition) is 2. The van der Waals surface area contributed by atoms with E-state index in [-0.39, 0.29) is 23.0 Å². The molecule has 140 valence electrons. The molecule has 0 unspecified atom stereocenters. The third-order valence-corrected chi connectivity index (χ3v) is 4.68. The summed E-state index contributed by atoms with van der Waals surface area (Å²) in [7, 11) is 3.27. The van der Waals surface area contributed by atoms with Crippen LogP contribution in [0.15, 0.2) is 28.8 Å². The molecular weight excluding hydrogens is 336 g/mol. The molecule has 26 heavy (non-hydrogen) atoms. The third-order valence-electron chi connectivity index (χ3n) is 4.68. The number of nitrogens with one attached hydrogen (secondary N) is 2. The van der Waals surface area contributed by atoms with Crippen molar-refractivity contribution in [2.75, 3.05) is 40.5 Å². The maximum atomic E-state index is 12.4. The largest absolute Gasteiger partial charge is 0.497 e. The van der Waals surface area contributed by atoms with Crippen molar-refractivity contribution in [2.24, 2.45) is 5.41 Å². The number of aromatic nitrogens is 2. The lowest BCUT2D eigenvalue weighted by Gasteiger charge is -2.37. The second kappa shape index (κ2) is 8.29. The molecule has 1 aliphatic rings. The SMILES string of the molecule is COCC1(CNC(=O)c2noc(-c3cccc(OC)c3)n2)CCNCC1. The number of rotatable bonds is 7. The molecule has 8 heteroatoms. The summed E-state index contributed by atoms with van der Waals surface area (Å²) in [6.07, 6.45) is 1.89. The van der Waals surface area contributed by atoms with Crippen molar-refractivity contribution < 1.29 is 18.8 Å². The highest BCUT2D eigenvalue weighted by Crippen LogP contribution is 2.28. The van der Waals surface area contributed by atoms with Crippen molar-refractivity contribution in [3.63, 3.8) is 0 Å². The van der Waals surface area contributed by atoms with Gasteiger partial charge >= 0.3 is 0 Å². The standard InChI is InChI=1S/C18H24N4O4/c1-24-12-18(6-8-19-9-7-18)11-20-16(23)15-21-17(26-22-15)13-4-3-5-14(10-13)25-2/h3-5,10,19H,6-9,11-12H2,1-2H3,(H,20,23). The Morgan fingerprint density at radius 3 is 2.88 bits per heavy atom. The number of carbonyl (C=O) groups is 1. The molecule has 0 bridgehead atoms. The molecule has 1 aromatic carbocycles. The summed E-state index contributed by atoms with van der Waals surface area (Å²) in [4.78, 5) is 16.6. The first-order valence-electron chi connectivity index (χ1n) is 8.62. The molecule has 0 radical (unpaired) electrons. The van der Waals surface area contributed by atoms with Crippen LogP contribution in [0.1, 0.15) is 23.5 Å². The number of ether oxygens (including phenoxy) is 2. The van der Waals surface area contributed by atoms with Crippen LogP contribution >= 0.6 is 0 Å². The fourth-order valence-corrected chi connectivity index (χ4v) is 3.17. The van der Waals surface area contributed by atoms with E-state index in [2.05, 4.69) is 20.8 Å². The van der Waals surface area contributed by atoms with Gasteiger partial charge in [-0.25, -0.2) is 0 Å². The van der Waals surface area contributed by atoms with E-state index in [0.717, 1.165) is 25.9 Å². The Kier molecular flexibility index (Phi) is 5.85. The van der Waals surface area contributed by atoms with E-state index in [1.807, 2.05) is 18.2 Å². The van der Waals surface area contributed by atoms with Crippen LogP contribution in [0.2, 0.25) is 0 Å². The average molecular weight is 360 g/mol. The van der Waals surface area contributed by atoms with Gasteiger partial charge in [-0.1, -0.05) is 11.2 Å². The maximum Gasteiger partial charge on any atom is 0.292 e. The average Bonchev–Trinajstić information content (AvgIpc) is 3.18. The van der Waals surface area contributed by atoms with Gasteiger partial charge in [0, 0.05) is 24.6 Å². The van der Waals surface area contributed by atoms with Crippen molar-refractivity contribution >= 4 is 5.91 Å². The fourth-order valence-electron chi connectivity index (χ4n) is 3.17. The van der Waals surface area contributed by atoms with E-state index >= 15 is 0 Å². The molecule has 2 N–H and O–H groups in total. The van der Waals surface area contributed by atoms with Crippen LogP contribution < -0.4 is 15.4 Å². The summed E-state index contributed by atoms with van der Waals surface area (Å²) in [5.41, 5.74) is 0.639. The van der Waals surface area contributed by atoms with Gasteiger partial charge in [0.05, 0.1) is 13.7 Å². The number of hydrogen-bond acceptors (Lipinski definition) is 7. The number of piperidine rings is 1. The second-order valence-corrected chi connectivity index (χ2v) is 6.52. The number of methoxy groups -OCH3 is 2. The number of benzene rings is 1. The van der Waals surface area contributed by atoms with E-state index in [4.69, 9.17) is 14.0 Å². The van der Waals surface area contributed by atoms with Crippen LogP contribution in [0.25, 0.3) is 11.5 Å². The van der Waals surface area contributed by atoms with E-state index < -0.39 is 0 Å². The van der Waals surface area contributed by atoms with Crippen molar-refractivity contribution in [1.29, 1.82) is 0 Å². The first-order valence-corrected chi connectivity index (χ1v) is 8.62. The maximum absolute atomic E-state index is 12.4. The monoisotopic (exact) mass is 360 g/mol. The molecular formula is C18H24N4O4. The summed E-state index contributed by atoms with van der Waals surface area (Å²) in [6, 6.07) is 7.24. The molecule has 2 aromatic rings. The molecule has 0 atom stereocenters. The molecule has 1 saturated heterocycles. The molecule has 1 aliphatic heterocycles. The lowest BCUT2D eigenvalue weighted by Crippen LogP contribution is -2.47. The van der Waals surface area contributed by atoms with Crippen molar-refractivity contribution in [3.8, 4) is 17.2 Å². The van der Waals surface area contributed by atoms with Crippen LogP contribution in [0, 0.1) is 5.41 Å². The topological polar surface area (TPSA) is 98.5 Å². The quantitative estimate of drug-likeness (QED) is 0.772. The zero-order chi connectivity index (χ0) is 18.4. The zero-order valence-electron chi connectivity index (χ0n) is 15.1. The van der Waals surface area contributed by atoms with E-state index in [9.17, 15) is 4.79 Å². The highest BCUT2D eigenvalue weighted by Gasteiger charge is 2.33. The molecule has 1 amide bonds. The van der Waals surface area contributed by atoms with Gasteiger partial charge in [-0.2, -0.15) is 4.98 Å². The van der Waals surface area contributed by atoms with E-state index in [1.54, 1.807) is 20.3 Å². The fraction of sp³-hybridized carbons (Fsp3) is 0.500. The Morgan fingerprint density at radius 2 is 2.15 bits per heavy atom. The highest BCUT2D eigenvalue weighted by molar-refractivity contribution is 5.90. The minimum atomic E-state index is -0.350. The predicted octanol–water partition coefficient (Wildman–Crippen LogP) is 1.49. The Morgan fingerprint density at radius 1 is 1.35 bits per heavy atom. The van der Waals surface area contributed by atoms with Gasteiger partial charge < -0.3 is 24.6 Å². The summed E-state index contributed by atoms with van der Waals surface area (Å²) < 4.78 is 15.8. The second-order valence-electron chi connectivity index (χ2n) is 6.52. The summed E-state index contributed by atoms with van der Waals surface area (Å²) >= 11 is 0. The Balaban J connectivity index is 1.66. The number of carbonyl (C=O) groups excluding carboxylic acids is 1. The van der Waals surface area contributed by atoms with Crippen LogP contribution in [-0.4, -0.2) is 56.5 Å². The highest BCUT2D eigenvalue weighted by atomic mass is 16.5. The van der Waals surface area contributed by atoms with Gasteiger partial charge in [-0.3, -0.25) is 4.79 Å². The molecule has 8 nitrogen and oxygen atoms in total. The lowest BCUT2D eigenvalue weighted by atomic mass is 9.79. The van der Waals surface area contributed by atoms with E-state index in [0.29, 0.717) is 24.5 Å². The van der Waals surface area contributed by atoms with Crippen molar-refractivity contribution in [3.05, 3.63) is 30.1 Å². The van der Waals surface area contributed by atoms with Crippen LogP contribution in [-0.2, 0) is 4.74 Å². The summed E-state index contributed by atoms with van der Waals surface area (Å²) in [5, 5.41) is 10.1. The van der Waals surface area contributed by atoms with Crippen molar-refractivity contribution in [2.45, 2.75) is 12.8 Å². The first-order chi connectivity index (χ1) is 12.7. The Labute approximate surface area is 152 Å². The lowest BCUT2D eigenvalue weighted by molar-refractivity contribution is 0.0509. The molecule has 1 fully saturated rings. The number of amides is 1. The van der Waals surface area contributed by atoms with E-state index in [1.165, 1.54) is 0 Å². The minimum absolute atomic E-state index is 0.0179. The molecule has 2 heterocycles. The number of nitrogens with zero attached hydrogens (tertiary/aromatic N) is 2. The molecule has 0 spiro atoms. The zero-order valence-corrected chi connectivity index (χ0v) is 15.1. The third kappa shape index (κ3) is 4.20. The Bertz CT molecular complexity index is 735. The molecule has 1 aromatic heterocycles. The summed E-state index contributed by atoms with van der Waals surface area (Å²) in [6.45, 7) is 2.96. The summed E-state index contributed by atoms with van der Waals surface area (Å²) in [5.74, 6) is 0.628. The predicted molar refractivity (Wildman–Crippen MR) is 95.0 cm³/mol. The normalized spacial score (nSPS) is 16.2. The molecule has 3 rings (SSSR count). The molecule has 0 saturated carbocycles. The Hall–Kier alpha value is -2.45. The van der Waals surface area contributed by atoms with Crippen molar-refractivity contribution in [1.82, 2.24) is 20.8 Å². The van der Waals surface area contributed by atoms with Gasteiger partial charge in [0.1, 0.15) is 5.75 Å². The van der Waals surface area contributed by atoms with Crippen LogP contribution in [0.4, 0.5) is 0 Å². The van der Waals surface area contributed by atoms with Gasteiger partial charge in [0.25, 0.3) is 17.6 Å². The minimum Gasteiger partial charge on any atom is -0.497 e. The van der Waals surface area contributed by atoms with Crippen LogP contribution in [0.5, 0.6) is 5.75 Å². The first kappa shape index (κ1) is 18.3. The van der Waals surface area contributed by atoms with Gasteiger partial charge in [0.2, 0.25) is 0 Å². The molecule has 0 aliphatic carbocycles. The van der Waals surface area contributed by atoms with Crippen LogP contribution in [0.3, 0.4) is 0 Å². The smallest absolute Gasteiger partial charge is 0.292 e. The van der Waals surface area contributed by atoms with Gasteiger partial charge in [0.15, 0.2) is 0 Å².